The second kappa shape index (κ2) is 8.22. The Bertz CT molecular complexity index is 1330. The first-order chi connectivity index (χ1) is 15.3. The lowest BCUT2D eigenvalue weighted by atomic mass is 10.1. The van der Waals surface area contributed by atoms with Crippen LogP contribution in [0.25, 0.3) is 22.8 Å². The van der Waals surface area contributed by atoms with Crippen LogP contribution in [0, 0.1) is 5.82 Å². The Labute approximate surface area is 179 Å². The largest absolute Gasteiger partial charge is 0.494 e. The molecule has 4 aromatic rings. The summed E-state index contributed by atoms with van der Waals surface area (Å²) in [5, 5.41) is 25.1. The van der Waals surface area contributed by atoms with Gasteiger partial charge in [-0.05, 0) is 24.3 Å². The van der Waals surface area contributed by atoms with Crippen LogP contribution < -0.4 is 10.1 Å². The van der Waals surface area contributed by atoms with Gasteiger partial charge in [0.25, 0.3) is 11.8 Å². The van der Waals surface area contributed by atoms with Gasteiger partial charge in [0, 0.05) is 24.2 Å². The lowest BCUT2D eigenvalue weighted by Crippen LogP contribution is -2.32. The van der Waals surface area contributed by atoms with E-state index in [2.05, 4.69) is 10.1 Å². The predicted octanol–water partition coefficient (Wildman–Crippen LogP) is 3.22. The average Bonchev–Trinajstić information content (AvgIpc) is 3.36. The summed E-state index contributed by atoms with van der Waals surface area (Å²) in [4.78, 5) is 28.6. The number of rotatable bonds is 4. The molecule has 2 aromatic heterocycles. The van der Waals surface area contributed by atoms with Crippen LogP contribution in [0.15, 0.2) is 59.1 Å². The summed E-state index contributed by atoms with van der Waals surface area (Å²) in [6, 6.07) is 12.9. The van der Waals surface area contributed by atoms with Gasteiger partial charge in [0.1, 0.15) is 5.82 Å². The van der Waals surface area contributed by atoms with Crippen molar-refractivity contribution in [3.05, 3.63) is 66.0 Å². The second-order valence-electron chi connectivity index (χ2n) is 6.58. The summed E-state index contributed by atoms with van der Waals surface area (Å²) in [5.74, 6) is -2.38. The molecule has 0 aliphatic carbocycles. The van der Waals surface area contributed by atoms with Gasteiger partial charge < -0.3 is 19.5 Å². The summed E-state index contributed by atoms with van der Waals surface area (Å²) in [6.45, 7) is 0. The monoisotopic (exact) mass is 438 g/mol. The van der Waals surface area contributed by atoms with Crippen molar-refractivity contribution in [2.24, 2.45) is 7.05 Å². The molecule has 0 aliphatic rings. The number of hydrogen-bond donors (Lipinski definition) is 3. The fourth-order valence-corrected chi connectivity index (χ4v) is 2.80. The zero-order chi connectivity index (χ0) is 22.8. The van der Waals surface area contributed by atoms with E-state index >= 15 is 0 Å². The highest BCUT2D eigenvalue weighted by Crippen LogP contribution is 2.33. The molecule has 32 heavy (non-hydrogen) atoms. The molecule has 0 bridgehead atoms. The Kier molecular flexibility index (Phi) is 5.29. The minimum absolute atomic E-state index is 0.0255. The van der Waals surface area contributed by atoms with E-state index in [4.69, 9.17) is 9.26 Å². The van der Waals surface area contributed by atoms with Crippen molar-refractivity contribution in [1.82, 2.24) is 20.0 Å². The summed E-state index contributed by atoms with van der Waals surface area (Å²) >= 11 is 0. The molecule has 0 radical (unpaired) electrons. The van der Waals surface area contributed by atoms with Crippen molar-refractivity contribution >= 4 is 12.0 Å². The van der Waals surface area contributed by atoms with Crippen LogP contribution in [0.2, 0.25) is 0 Å². The fourth-order valence-electron chi connectivity index (χ4n) is 2.80. The lowest BCUT2D eigenvalue weighted by molar-refractivity contribution is 0.0950. The van der Waals surface area contributed by atoms with E-state index < -0.39 is 23.7 Å². The number of halogens is 1. The average molecular weight is 438 g/mol. The van der Waals surface area contributed by atoms with Gasteiger partial charge in [0.2, 0.25) is 11.7 Å². The van der Waals surface area contributed by atoms with Crippen molar-refractivity contribution in [2.75, 3.05) is 0 Å². The van der Waals surface area contributed by atoms with Crippen molar-refractivity contribution in [3.63, 3.8) is 0 Å². The van der Waals surface area contributed by atoms with Gasteiger partial charge in [0.15, 0.2) is 11.6 Å². The Morgan fingerprint density at radius 2 is 1.91 bits per heavy atom. The standard InChI is InChI=1S/C21H15FN4O6/c1-26-16(27)10-15(20(26)29)31-21(30)24-18(28)12-6-4-5-11(9-12)17-23-19(32-25-17)13-7-2-3-8-14(13)22/h2-10,27,29H,1H3,(H,24,28,30). The Hall–Kier alpha value is -4.67. The van der Waals surface area contributed by atoms with Crippen molar-refractivity contribution in [1.29, 1.82) is 0 Å². The third-order valence-corrected chi connectivity index (χ3v) is 4.47. The van der Waals surface area contributed by atoms with E-state index in [0.717, 1.165) is 10.6 Å². The lowest BCUT2D eigenvalue weighted by Gasteiger charge is -2.06. The summed E-state index contributed by atoms with van der Waals surface area (Å²) < 4.78 is 24.9. The zero-order valence-electron chi connectivity index (χ0n) is 16.4. The molecule has 11 heteroatoms. The number of benzene rings is 2. The SMILES string of the molecule is Cn1c(O)cc(OC(=O)NC(=O)c2cccc(-c3noc(-c4ccccc4F)n3)c2)c1O. The normalized spacial score (nSPS) is 10.7. The Morgan fingerprint density at radius 3 is 2.62 bits per heavy atom. The molecule has 2 amide bonds. The fraction of sp³-hybridized carbons (Fsp3) is 0.0476. The number of ether oxygens (including phenoxy) is 1. The minimum Gasteiger partial charge on any atom is -0.494 e. The summed E-state index contributed by atoms with van der Waals surface area (Å²) in [5.41, 5.74) is 0.609. The highest BCUT2D eigenvalue weighted by molar-refractivity contribution is 6.03. The van der Waals surface area contributed by atoms with Gasteiger partial charge >= 0.3 is 6.09 Å². The molecule has 10 nitrogen and oxygen atoms in total. The molecule has 4 rings (SSSR count). The number of hydrogen-bond acceptors (Lipinski definition) is 8. The maximum Gasteiger partial charge on any atom is 0.419 e. The first-order valence-corrected chi connectivity index (χ1v) is 9.13. The van der Waals surface area contributed by atoms with Crippen molar-refractivity contribution in [3.8, 4) is 40.4 Å². The van der Waals surface area contributed by atoms with E-state index in [-0.39, 0.29) is 34.5 Å². The van der Waals surface area contributed by atoms with Crippen molar-refractivity contribution < 1.29 is 33.5 Å². The number of carbonyl (C=O) groups is 2. The molecule has 0 atom stereocenters. The van der Waals surface area contributed by atoms with E-state index in [9.17, 15) is 24.2 Å². The Morgan fingerprint density at radius 1 is 1.12 bits per heavy atom. The maximum absolute atomic E-state index is 13.9. The summed E-state index contributed by atoms with van der Waals surface area (Å²) in [7, 11) is 1.35. The van der Waals surface area contributed by atoms with Crippen molar-refractivity contribution in [2.45, 2.75) is 0 Å². The first kappa shape index (κ1) is 20.6. The number of aromatic hydroxyl groups is 2. The molecular formula is C21H15FN4O6. The molecule has 0 fully saturated rings. The topological polar surface area (TPSA) is 140 Å². The smallest absolute Gasteiger partial charge is 0.419 e. The highest BCUT2D eigenvalue weighted by Gasteiger charge is 2.19. The van der Waals surface area contributed by atoms with Gasteiger partial charge in [-0.2, -0.15) is 4.98 Å². The van der Waals surface area contributed by atoms with Crippen LogP contribution in [0.4, 0.5) is 9.18 Å². The van der Waals surface area contributed by atoms with Gasteiger partial charge in [0.05, 0.1) is 5.56 Å². The molecule has 0 saturated carbocycles. The number of aromatic nitrogens is 3. The molecule has 0 aliphatic heterocycles. The third kappa shape index (κ3) is 3.99. The van der Waals surface area contributed by atoms with E-state index in [1.165, 1.54) is 43.4 Å². The quantitative estimate of drug-likeness (QED) is 0.441. The molecular weight excluding hydrogens is 423 g/mol. The maximum atomic E-state index is 13.9. The Balaban J connectivity index is 1.49. The number of carbonyl (C=O) groups excluding carboxylic acids is 2. The number of nitrogens with one attached hydrogen (secondary N) is 1. The number of amides is 2. The zero-order valence-corrected chi connectivity index (χ0v) is 16.4. The molecule has 3 N–H and O–H groups in total. The molecule has 162 valence electrons. The van der Waals surface area contributed by atoms with Crippen LogP contribution in [-0.2, 0) is 7.05 Å². The van der Waals surface area contributed by atoms with Crippen LogP contribution >= 0.6 is 0 Å². The highest BCUT2D eigenvalue weighted by atomic mass is 19.1. The molecule has 2 heterocycles. The van der Waals surface area contributed by atoms with E-state index in [1.54, 1.807) is 12.1 Å². The number of nitrogens with zero attached hydrogens (tertiary/aromatic N) is 3. The molecule has 2 aromatic carbocycles. The van der Waals surface area contributed by atoms with Gasteiger partial charge in [-0.1, -0.05) is 29.4 Å². The second-order valence-corrected chi connectivity index (χ2v) is 6.58. The molecule has 0 unspecified atom stereocenters. The van der Waals surface area contributed by atoms with Crippen LogP contribution in [0.3, 0.4) is 0 Å². The van der Waals surface area contributed by atoms with Crippen LogP contribution in [0.1, 0.15) is 10.4 Å². The minimum atomic E-state index is -1.16. The third-order valence-electron chi connectivity index (χ3n) is 4.47. The molecule has 0 spiro atoms. The predicted molar refractivity (Wildman–Crippen MR) is 107 cm³/mol. The van der Waals surface area contributed by atoms with E-state index in [0.29, 0.717) is 5.56 Å². The van der Waals surface area contributed by atoms with Gasteiger partial charge in [-0.15, -0.1) is 0 Å². The summed E-state index contributed by atoms with van der Waals surface area (Å²) in [6.07, 6.45) is -1.16. The van der Waals surface area contributed by atoms with Gasteiger partial charge in [-0.25, -0.2) is 9.18 Å². The first-order valence-electron chi connectivity index (χ1n) is 9.13. The van der Waals surface area contributed by atoms with Crippen LogP contribution in [0.5, 0.6) is 17.5 Å². The van der Waals surface area contributed by atoms with Gasteiger partial charge in [-0.3, -0.25) is 14.7 Å². The van der Waals surface area contributed by atoms with E-state index in [1.807, 2.05) is 5.32 Å². The number of imide groups is 1. The van der Waals surface area contributed by atoms with Crippen LogP contribution in [-0.4, -0.2) is 36.9 Å². The molecule has 0 saturated heterocycles.